The molecule has 0 aliphatic rings. The maximum atomic E-state index is 11.2. The Labute approximate surface area is 148 Å². The fraction of sp³-hybridized carbons (Fsp3) is 0.167. The van der Waals surface area contributed by atoms with E-state index in [-0.39, 0.29) is 17.9 Å². The number of aliphatic carboxylic acids is 1. The van der Waals surface area contributed by atoms with Crippen LogP contribution >= 0.6 is 11.6 Å². The SMILES string of the molecule is O=C(O)CC(Cc1nc2cc(C(=O)O)ccc2[nH]1)c1ccc(Cl)cc1. The first-order valence-electron chi connectivity index (χ1n) is 7.61. The minimum atomic E-state index is -1.02. The van der Waals surface area contributed by atoms with Crippen molar-refractivity contribution in [3.05, 3.63) is 64.4 Å². The first-order valence-corrected chi connectivity index (χ1v) is 7.99. The molecule has 25 heavy (non-hydrogen) atoms. The molecule has 1 aromatic heterocycles. The second-order valence-electron chi connectivity index (χ2n) is 5.77. The molecule has 3 rings (SSSR count). The summed E-state index contributed by atoms with van der Waals surface area (Å²) in [6, 6.07) is 11.7. The van der Waals surface area contributed by atoms with E-state index in [9.17, 15) is 14.7 Å². The molecule has 0 spiro atoms. The fourth-order valence-electron chi connectivity index (χ4n) is 2.78. The molecule has 3 aromatic rings. The highest BCUT2D eigenvalue weighted by Gasteiger charge is 2.18. The molecular weight excluding hydrogens is 344 g/mol. The highest BCUT2D eigenvalue weighted by atomic mass is 35.5. The van der Waals surface area contributed by atoms with Crippen LogP contribution in [0.3, 0.4) is 0 Å². The molecule has 1 unspecified atom stereocenters. The summed E-state index contributed by atoms with van der Waals surface area (Å²) in [6.07, 6.45) is 0.351. The molecule has 0 bridgehead atoms. The van der Waals surface area contributed by atoms with Gasteiger partial charge in [-0.25, -0.2) is 9.78 Å². The summed E-state index contributed by atoms with van der Waals surface area (Å²) < 4.78 is 0. The Balaban J connectivity index is 1.90. The summed E-state index contributed by atoms with van der Waals surface area (Å²) in [5.74, 6) is -1.58. The molecule has 0 aliphatic heterocycles. The molecule has 1 atom stereocenters. The van der Waals surface area contributed by atoms with Gasteiger partial charge in [0, 0.05) is 17.4 Å². The van der Waals surface area contributed by atoms with Crippen LogP contribution in [0.25, 0.3) is 11.0 Å². The molecule has 0 radical (unpaired) electrons. The number of nitrogens with zero attached hydrogens (tertiary/aromatic N) is 1. The van der Waals surface area contributed by atoms with Gasteiger partial charge in [-0.1, -0.05) is 23.7 Å². The first-order chi connectivity index (χ1) is 11.9. The number of carbonyl (C=O) groups is 2. The zero-order valence-corrected chi connectivity index (χ0v) is 13.8. The van der Waals surface area contributed by atoms with Gasteiger partial charge in [-0.05, 0) is 35.9 Å². The van der Waals surface area contributed by atoms with Crippen LogP contribution in [0, 0.1) is 0 Å². The average molecular weight is 359 g/mol. The number of fused-ring (bicyclic) bond motifs is 1. The van der Waals surface area contributed by atoms with Crippen LogP contribution in [0.4, 0.5) is 0 Å². The molecule has 0 saturated heterocycles. The van der Waals surface area contributed by atoms with E-state index in [4.69, 9.17) is 16.7 Å². The van der Waals surface area contributed by atoms with Crippen molar-refractivity contribution in [1.82, 2.24) is 9.97 Å². The lowest BCUT2D eigenvalue weighted by molar-refractivity contribution is -0.137. The van der Waals surface area contributed by atoms with Crippen LogP contribution < -0.4 is 0 Å². The topological polar surface area (TPSA) is 103 Å². The Morgan fingerprint density at radius 2 is 1.84 bits per heavy atom. The number of halogens is 1. The molecule has 0 fully saturated rings. The predicted molar refractivity (Wildman–Crippen MR) is 93.2 cm³/mol. The molecular formula is C18H15ClN2O4. The number of carboxylic acids is 2. The number of nitrogens with one attached hydrogen (secondary N) is 1. The van der Waals surface area contributed by atoms with E-state index in [0.717, 1.165) is 5.56 Å². The predicted octanol–water partition coefficient (Wildman–Crippen LogP) is 3.72. The summed E-state index contributed by atoms with van der Waals surface area (Å²) in [5.41, 5.74) is 2.27. The van der Waals surface area contributed by atoms with Gasteiger partial charge >= 0.3 is 11.9 Å². The van der Waals surface area contributed by atoms with E-state index in [1.807, 2.05) is 0 Å². The number of hydrogen-bond donors (Lipinski definition) is 3. The van der Waals surface area contributed by atoms with Crippen LogP contribution in [-0.2, 0) is 11.2 Å². The van der Waals surface area contributed by atoms with E-state index >= 15 is 0 Å². The van der Waals surface area contributed by atoms with Gasteiger partial charge in [0.15, 0.2) is 0 Å². The summed E-state index contributed by atoms with van der Waals surface area (Å²) in [7, 11) is 0. The number of benzene rings is 2. The summed E-state index contributed by atoms with van der Waals surface area (Å²) >= 11 is 5.89. The zero-order valence-electron chi connectivity index (χ0n) is 13.1. The number of aromatic nitrogens is 2. The zero-order chi connectivity index (χ0) is 18.0. The molecule has 0 amide bonds. The number of H-pyrrole nitrogens is 1. The molecule has 0 aliphatic carbocycles. The van der Waals surface area contributed by atoms with Crippen molar-refractivity contribution < 1.29 is 19.8 Å². The Hall–Kier alpha value is -2.86. The van der Waals surface area contributed by atoms with E-state index in [1.54, 1.807) is 30.3 Å². The molecule has 3 N–H and O–H groups in total. The van der Waals surface area contributed by atoms with Gasteiger partial charge in [-0.2, -0.15) is 0 Å². The van der Waals surface area contributed by atoms with Gasteiger partial charge in [0.1, 0.15) is 5.82 Å². The smallest absolute Gasteiger partial charge is 0.335 e. The van der Waals surface area contributed by atoms with Crippen molar-refractivity contribution >= 4 is 34.6 Å². The number of aromatic amines is 1. The third-order valence-electron chi connectivity index (χ3n) is 3.98. The van der Waals surface area contributed by atoms with E-state index in [1.165, 1.54) is 12.1 Å². The van der Waals surface area contributed by atoms with E-state index in [0.29, 0.717) is 28.3 Å². The van der Waals surface area contributed by atoms with Gasteiger partial charge < -0.3 is 15.2 Å². The van der Waals surface area contributed by atoms with Crippen molar-refractivity contribution in [3.63, 3.8) is 0 Å². The second kappa shape index (κ2) is 6.94. The van der Waals surface area contributed by atoms with Gasteiger partial charge in [0.25, 0.3) is 0 Å². The van der Waals surface area contributed by atoms with Crippen LogP contribution in [0.5, 0.6) is 0 Å². The van der Waals surface area contributed by atoms with Crippen molar-refractivity contribution in [1.29, 1.82) is 0 Å². The molecule has 2 aromatic carbocycles. The standard InChI is InChI=1S/C18H15ClN2O4/c19-13-4-1-10(2-5-13)12(9-17(22)23)8-16-20-14-6-3-11(18(24)25)7-15(14)21-16/h1-7,12H,8-9H2,(H,20,21)(H,22,23)(H,24,25). The summed E-state index contributed by atoms with van der Waals surface area (Å²) in [4.78, 5) is 29.8. The Bertz CT molecular complexity index is 934. The molecule has 7 heteroatoms. The van der Waals surface area contributed by atoms with Gasteiger partial charge in [-0.3, -0.25) is 4.79 Å². The Morgan fingerprint density at radius 3 is 2.48 bits per heavy atom. The Kier molecular flexibility index (Phi) is 4.72. The van der Waals surface area contributed by atoms with Crippen LogP contribution in [0.2, 0.25) is 5.02 Å². The maximum Gasteiger partial charge on any atom is 0.335 e. The minimum absolute atomic E-state index is 0.0426. The largest absolute Gasteiger partial charge is 0.481 e. The lowest BCUT2D eigenvalue weighted by Gasteiger charge is -2.14. The van der Waals surface area contributed by atoms with Crippen LogP contribution in [0.1, 0.15) is 34.1 Å². The fourth-order valence-corrected chi connectivity index (χ4v) is 2.90. The third kappa shape index (κ3) is 3.97. The maximum absolute atomic E-state index is 11.2. The summed E-state index contributed by atoms with van der Waals surface area (Å²) in [6.45, 7) is 0. The average Bonchev–Trinajstić information content (AvgIpc) is 2.95. The van der Waals surface area contributed by atoms with Crippen LogP contribution in [-0.4, -0.2) is 32.1 Å². The second-order valence-corrected chi connectivity index (χ2v) is 6.21. The monoisotopic (exact) mass is 358 g/mol. The summed E-state index contributed by atoms with van der Waals surface area (Å²) in [5, 5.41) is 18.8. The highest BCUT2D eigenvalue weighted by Crippen LogP contribution is 2.26. The number of aromatic carboxylic acids is 1. The Morgan fingerprint density at radius 1 is 1.12 bits per heavy atom. The van der Waals surface area contributed by atoms with Crippen molar-refractivity contribution in [2.24, 2.45) is 0 Å². The number of imidazole rings is 1. The van der Waals surface area contributed by atoms with Crippen molar-refractivity contribution in [2.75, 3.05) is 0 Å². The quantitative estimate of drug-likeness (QED) is 0.623. The molecule has 128 valence electrons. The molecule has 1 heterocycles. The van der Waals surface area contributed by atoms with E-state index < -0.39 is 11.9 Å². The minimum Gasteiger partial charge on any atom is -0.481 e. The van der Waals surface area contributed by atoms with Crippen molar-refractivity contribution in [3.8, 4) is 0 Å². The van der Waals surface area contributed by atoms with E-state index in [2.05, 4.69) is 9.97 Å². The number of carboxylic acid groups (broad SMARTS) is 2. The third-order valence-corrected chi connectivity index (χ3v) is 4.23. The lowest BCUT2D eigenvalue weighted by Crippen LogP contribution is -2.10. The van der Waals surface area contributed by atoms with Crippen LogP contribution in [0.15, 0.2) is 42.5 Å². The lowest BCUT2D eigenvalue weighted by atomic mass is 9.92. The number of hydrogen-bond acceptors (Lipinski definition) is 3. The van der Waals surface area contributed by atoms with Crippen molar-refractivity contribution in [2.45, 2.75) is 18.8 Å². The van der Waals surface area contributed by atoms with Gasteiger partial charge in [0.05, 0.1) is 23.0 Å². The molecule has 0 saturated carbocycles. The normalized spacial score (nSPS) is 12.2. The first kappa shape index (κ1) is 17.0. The number of rotatable bonds is 6. The van der Waals surface area contributed by atoms with Gasteiger partial charge in [0.2, 0.25) is 0 Å². The van der Waals surface area contributed by atoms with Gasteiger partial charge in [-0.15, -0.1) is 0 Å². The molecule has 6 nitrogen and oxygen atoms in total. The highest BCUT2D eigenvalue weighted by molar-refractivity contribution is 6.30.